The first kappa shape index (κ1) is 17.6. The number of ether oxygens (including phenoxy) is 1. The van der Waals surface area contributed by atoms with Crippen molar-refractivity contribution in [3.63, 3.8) is 0 Å². The van der Waals surface area contributed by atoms with Gasteiger partial charge in [-0.15, -0.1) is 0 Å². The Balaban J connectivity index is 1.73. The average molecular weight is 364 g/mol. The lowest BCUT2D eigenvalue weighted by Crippen LogP contribution is -2.11. The van der Waals surface area contributed by atoms with E-state index in [1.54, 1.807) is 0 Å². The number of carboxylic acids is 1. The molecule has 3 aromatic rings. The predicted molar refractivity (Wildman–Crippen MR) is 105 cm³/mol. The van der Waals surface area contributed by atoms with E-state index in [1.165, 1.54) is 12.8 Å². The van der Waals surface area contributed by atoms with Crippen LogP contribution in [0.5, 0.6) is 5.75 Å². The van der Waals surface area contributed by atoms with Gasteiger partial charge in [-0.25, -0.2) is 0 Å². The van der Waals surface area contributed by atoms with Gasteiger partial charge < -0.3 is 9.84 Å². The molecule has 0 bridgehead atoms. The Morgan fingerprint density at radius 3 is 2.81 bits per heavy atom. The largest absolute Gasteiger partial charge is 0.490 e. The molecule has 1 aromatic heterocycles. The van der Waals surface area contributed by atoms with Crippen molar-refractivity contribution in [3.8, 4) is 16.9 Å². The zero-order chi connectivity index (χ0) is 18.8. The summed E-state index contributed by atoms with van der Waals surface area (Å²) < 4.78 is 8.19. The highest BCUT2D eigenvalue weighted by Gasteiger charge is 2.19. The number of benzene rings is 2. The van der Waals surface area contributed by atoms with E-state index in [4.69, 9.17) is 9.84 Å². The lowest BCUT2D eigenvalue weighted by Gasteiger charge is -2.18. The van der Waals surface area contributed by atoms with Crippen LogP contribution in [-0.4, -0.2) is 27.0 Å². The molecular formula is C22H24N2O3. The molecule has 0 unspecified atom stereocenters. The number of hydrogen-bond donors (Lipinski definition) is 1. The van der Waals surface area contributed by atoms with Crippen LogP contribution >= 0.6 is 0 Å². The molecule has 1 N–H and O–H groups in total. The second kappa shape index (κ2) is 7.43. The summed E-state index contributed by atoms with van der Waals surface area (Å²) in [5, 5.41) is 14.4. The van der Waals surface area contributed by atoms with Crippen LogP contribution in [0.4, 0.5) is 0 Å². The highest BCUT2D eigenvalue weighted by atomic mass is 16.5. The van der Waals surface area contributed by atoms with Gasteiger partial charge in [0.15, 0.2) is 0 Å². The highest BCUT2D eigenvalue weighted by Crippen LogP contribution is 2.35. The van der Waals surface area contributed by atoms with Crippen molar-refractivity contribution in [1.29, 1.82) is 0 Å². The van der Waals surface area contributed by atoms with Crippen LogP contribution in [0.15, 0.2) is 42.6 Å². The number of hydrogen-bond acceptors (Lipinski definition) is 3. The molecular weight excluding hydrogens is 340 g/mol. The van der Waals surface area contributed by atoms with E-state index in [0.717, 1.165) is 46.2 Å². The first-order valence-corrected chi connectivity index (χ1v) is 9.53. The van der Waals surface area contributed by atoms with E-state index in [2.05, 4.69) is 29.4 Å². The first-order valence-electron chi connectivity index (χ1n) is 9.53. The predicted octanol–water partition coefficient (Wildman–Crippen LogP) is 4.58. The Kier molecular flexibility index (Phi) is 4.84. The second-order valence-corrected chi connectivity index (χ2v) is 7.29. The molecule has 5 nitrogen and oxygen atoms in total. The topological polar surface area (TPSA) is 64.4 Å². The fraction of sp³-hybridized carbons (Fsp3) is 0.364. The number of aryl methyl sites for hydroxylation is 2. The summed E-state index contributed by atoms with van der Waals surface area (Å²) in [6, 6.07) is 12.3. The van der Waals surface area contributed by atoms with Crippen LogP contribution in [0, 0.1) is 0 Å². The van der Waals surface area contributed by atoms with Gasteiger partial charge in [-0.1, -0.05) is 18.2 Å². The molecule has 0 amide bonds. The van der Waals surface area contributed by atoms with Crippen molar-refractivity contribution < 1.29 is 14.6 Å². The molecule has 0 spiro atoms. The van der Waals surface area contributed by atoms with Crippen LogP contribution in [0.1, 0.15) is 37.7 Å². The van der Waals surface area contributed by atoms with Crippen LogP contribution in [0.25, 0.3) is 22.0 Å². The molecule has 4 rings (SSSR count). The fourth-order valence-electron chi connectivity index (χ4n) is 3.81. The maximum Gasteiger partial charge on any atom is 0.303 e. The van der Waals surface area contributed by atoms with Crippen LogP contribution < -0.4 is 4.74 Å². The summed E-state index contributed by atoms with van der Waals surface area (Å²) in [5.41, 5.74) is 4.16. The number of aliphatic carboxylic acids is 1. The van der Waals surface area contributed by atoms with Crippen molar-refractivity contribution in [1.82, 2.24) is 9.78 Å². The molecule has 2 aromatic carbocycles. The van der Waals surface area contributed by atoms with Gasteiger partial charge in [-0.05, 0) is 61.4 Å². The molecule has 1 fully saturated rings. The SMILES string of the molecule is Cn1ncc2ccc(-c3cc(CCC(=O)O)ccc3OC3CCCC3)cc21. The van der Waals surface area contributed by atoms with Gasteiger partial charge >= 0.3 is 5.97 Å². The molecule has 27 heavy (non-hydrogen) atoms. The third-order valence-corrected chi connectivity index (χ3v) is 5.33. The second-order valence-electron chi connectivity index (χ2n) is 7.29. The number of fused-ring (bicyclic) bond motifs is 1. The Morgan fingerprint density at radius 2 is 2.04 bits per heavy atom. The first-order chi connectivity index (χ1) is 13.1. The third kappa shape index (κ3) is 3.82. The van der Waals surface area contributed by atoms with Gasteiger partial charge in [-0.3, -0.25) is 9.48 Å². The zero-order valence-corrected chi connectivity index (χ0v) is 15.5. The van der Waals surface area contributed by atoms with Crippen molar-refractivity contribution in [3.05, 3.63) is 48.2 Å². The van der Waals surface area contributed by atoms with Crippen LogP contribution in [0.3, 0.4) is 0 Å². The summed E-state index contributed by atoms with van der Waals surface area (Å²) in [7, 11) is 1.94. The summed E-state index contributed by atoms with van der Waals surface area (Å²) >= 11 is 0. The maximum atomic E-state index is 10.9. The highest BCUT2D eigenvalue weighted by molar-refractivity contribution is 5.85. The van der Waals surface area contributed by atoms with E-state index in [-0.39, 0.29) is 12.5 Å². The minimum Gasteiger partial charge on any atom is -0.490 e. The summed E-state index contributed by atoms with van der Waals surface area (Å²) in [6.07, 6.45) is 7.41. The van der Waals surface area contributed by atoms with E-state index < -0.39 is 5.97 Å². The molecule has 1 heterocycles. The number of nitrogens with zero attached hydrogens (tertiary/aromatic N) is 2. The molecule has 5 heteroatoms. The van der Waals surface area contributed by atoms with Gasteiger partial charge in [-0.2, -0.15) is 5.10 Å². The molecule has 0 aliphatic heterocycles. The minimum atomic E-state index is -0.779. The zero-order valence-electron chi connectivity index (χ0n) is 15.5. The molecule has 0 atom stereocenters. The molecule has 140 valence electrons. The molecule has 0 radical (unpaired) electrons. The lowest BCUT2D eigenvalue weighted by atomic mass is 9.99. The standard InChI is InChI=1S/C22H24N2O3/c1-24-20-13-16(8-9-17(20)14-23-24)19-12-15(7-11-22(25)26)6-10-21(19)27-18-4-2-3-5-18/h6,8-10,12-14,18H,2-5,7,11H2,1H3,(H,25,26). The van der Waals surface area contributed by atoms with E-state index in [0.29, 0.717) is 6.42 Å². The normalized spacial score (nSPS) is 14.7. The van der Waals surface area contributed by atoms with Crippen LogP contribution in [-0.2, 0) is 18.3 Å². The fourth-order valence-corrected chi connectivity index (χ4v) is 3.81. The van der Waals surface area contributed by atoms with Crippen LogP contribution in [0.2, 0.25) is 0 Å². The minimum absolute atomic E-state index is 0.128. The van der Waals surface area contributed by atoms with E-state index in [1.807, 2.05) is 30.1 Å². The number of aromatic nitrogens is 2. The third-order valence-electron chi connectivity index (χ3n) is 5.33. The summed E-state index contributed by atoms with van der Waals surface area (Å²) in [5.74, 6) is 0.0987. The van der Waals surface area contributed by atoms with Gasteiger partial charge in [0.25, 0.3) is 0 Å². The Morgan fingerprint density at radius 1 is 1.22 bits per heavy atom. The quantitative estimate of drug-likeness (QED) is 0.695. The van der Waals surface area contributed by atoms with Crippen molar-refractivity contribution in [2.75, 3.05) is 0 Å². The van der Waals surface area contributed by atoms with Gasteiger partial charge in [0.2, 0.25) is 0 Å². The van der Waals surface area contributed by atoms with Gasteiger partial charge in [0.1, 0.15) is 5.75 Å². The monoisotopic (exact) mass is 364 g/mol. The van der Waals surface area contributed by atoms with Gasteiger partial charge in [0, 0.05) is 24.4 Å². The van der Waals surface area contributed by atoms with Crippen molar-refractivity contribution in [2.45, 2.75) is 44.6 Å². The molecule has 0 saturated heterocycles. The Labute approximate surface area is 158 Å². The average Bonchev–Trinajstić information content (AvgIpc) is 3.30. The summed E-state index contributed by atoms with van der Waals surface area (Å²) in [6.45, 7) is 0. The van der Waals surface area contributed by atoms with Crippen molar-refractivity contribution >= 4 is 16.9 Å². The Bertz CT molecular complexity index is 971. The number of rotatable bonds is 6. The van der Waals surface area contributed by atoms with E-state index in [9.17, 15) is 4.79 Å². The maximum absolute atomic E-state index is 10.9. The smallest absolute Gasteiger partial charge is 0.303 e. The van der Waals surface area contributed by atoms with Crippen molar-refractivity contribution in [2.24, 2.45) is 7.05 Å². The Hall–Kier alpha value is -2.82. The van der Waals surface area contributed by atoms with Gasteiger partial charge in [0.05, 0.1) is 17.8 Å². The number of carboxylic acid groups (broad SMARTS) is 1. The molecule has 1 aliphatic rings. The number of carbonyl (C=O) groups is 1. The molecule has 1 saturated carbocycles. The lowest BCUT2D eigenvalue weighted by molar-refractivity contribution is -0.136. The van der Waals surface area contributed by atoms with E-state index >= 15 is 0 Å². The summed E-state index contributed by atoms with van der Waals surface area (Å²) in [4.78, 5) is 10.9. The molecule has 1 aliphatic carbocycles.